The predicted molar refractivity (Wildman–Crippen MR) is 67.8 cm³/mol. The van der Waals surface area contributed by atoms with Gasteiger partial charge in [0.05, 0.1) is 12.4 Å². The van der Waals surface area contributed by atoms with Crippen LogP contribution in [0.4, 0.5) is 0 Å². The molecular formula is C12H22N4. The van der Waals surface area contributed by atoms with E-state index >= 15 is 0 Å². The fourth-order valence-electron chi connectivity index (χ4n) is 2.23. The minimum Gasteiger partial charge on any atom is -0.297 e. The zero-order valence-electron chi connectivity index (χ0n) is 10.0. The van der Waals surface area contributed by atoms with Crippen molar-refractivity contribution < 1.29 is 0 Å². The van der Waals surface area contributed by atoms with Crippen LogP contribution in [0.15, 0.2) is 10.2 Å². The molecule has 0 unspecified atom stereocenters. The Morgan fingerprint density at radius 2 is 0.938 bits per heavy atom. The van der Waals surface area contributed by atoms with Crippen LogP contribution in [0.1, 0.15) is 38.5 Å². The lowest BCUT2D eigenvalue weighted by molar-refractivity contribution is 0.238. The summed E-state index contributed by atoms with van der Waals surface area (Å²) in [5, 5.41) is 13.1. The number of hydrazone groups is 2. The molecule has 0 aliphatic carbocycles. The highest BCUT2D eigenvalue weighted by Crippen LogP contribution is 2.08. The van der Waals surface area contributed by atoms with Crippen molar-refractivity contribution >= 4 is 12.4 Å². The molecule has 90 valence electrons. The molecule has 0 amide bonds. The maximum absolute atomic E-state index is 4.40. The number of rotatable bonds is 3. The molecule has 0 radical (unpaired) electrons. The molecule has 0 atom stereocenters. The van der Waals surface area contributed by atoms with Crippen LogP contribution in [-0.4, -0.2) is 48.6 Å². The van der Waals surface area contributed by atoms with E-state index in [4.69, 9.17) is 0 Å². The smallest absolute Gasteiger partial charge is 0.0671 e. The molecule has 2 rings (SSSR count). The molecule has 0 saturated carbocycles. The summed E-state index contributed by atoms with van der Waals surface area (Å²) in [7, 11) is 0. The molecule has 0 aromatic carbocycles. The minimum absolute atomic E-state index is 1.11. The van der Waals surface area contributed by atoms with Crippen LogP contribution in [0, 0.1) is 0 Å². The molecule has 0 spiro atoms. The molecule has 0 N–H and O–H groups in total. The SMILES string of the molecule is C(/C=N/N1CCCCC1)=N\N1CCCCC1. The van der Waals surface area contributed by atoms with Crippen molar-refractivity contribution in [3.05, 3.63) is 0 Å². The Balaban J connectivity index is 1.68. The van der Waals surface area contributed by atoms with Gasteiger partial charge >= 0.3 is 0 Å². The lowest BCUT2D eigenvalue weighted by Crippen LogP contribution is -2.25. The van der Waals surface area contributed by atoms with Gasteiger partial charge in [-0.25, -0.2) is 0 Å². The fraction of sp³-hybridized carbons (Fsp3) is 0.833. The third-order valence-electron chi connectivity index (χ3n) is 3.19. The number of piperidine rings is 2. The van der Waals surface area contributed by atoms with Crippen LogP contribution in [0.2, 0.25) is 0 Å². The summed E-state index contributed by atoms with van der Waals surface area (Å²) in [5.41, 5.74) is 0. The van der Waals surface area contributed by atoms with Gasteiger partial charge in [0.1, 0.15) is 0 Å². The first-order valence-electron chi connectivity index (χ1n) is 6.51. The minimum atomic E-state index is 1.11. The normalized spacial score (nSPS) is 23.5. The van der Waals surface area contributed by atoms with E-state index in [9.17, 15) is 0 Å². The van der Waals surface area contributed by atoms with E-state index in [0.717, 1.165) is 26.2 Å². The summed E-state index contributed by atoms with van der Waals surface area (Å²) < 4.78 is 0. The molecule has 2 fully saturated rings. The third kappa shape index (κ3) is 3.83. The van der Waals surface area contributed by atoms with Crippen LogP contribution in [-0.2, 0) is 0 Å². The summed E-state index contributed by atoms with van der Waals surface area (Å²) in [6.07, 6.45) is 11.5. The monoisotopic (exact) mass is 222 g/mol. The molecule has 0 aromatic heterocycles. The van der Waals surface area contributed by atoms with Crippen LogP contribution in [0.3, 0.4) is 0 Å². The number of nitrogens with zero attached hydrogens (tertiary/aromatic N) is 4. The van der Waals surface area contributed by atoms with Gasteiger partial charge in [-0.1, -0.05) is 0 Å². The van der Waals surface area contributed by atoms with Gasteiger partial charge in [0.2, 0.25) is 0 Å². The molecule has 0 aromatic rings. The molecular weight excluding hydrogens is 200 g/mol. The van der Waals surface area contributed by atoms with Crippen molar-refractivity contribution in [1.29, 1.82) is 0 Å². The molecule has 2 heterocycles. The van der Waals surface area contributed by atoms with E-state index in [0.29, 0.717) is 0 Å². The Labute approximate surface area is 98.0 Å². The van der Waals surface area contributed by atoms with E-state index in [1.54, 1.807) is 0 Å². The van der Waals surface area contributed by atoms with Gasteiger partial charge in [0.15, 0.2) is 0 Å². The molecule has 2 aliphatic heterocycles. The lowest BCUT2D eigenvalue weighted by Gasteiger charge is -2.23. The van der Waals surface area contributed by atoms with E-state index in [1.165, 1.54) is 38.5 Å². The van der Waals surface area contributed by atoms with Gasteiger partial charge in [0.25, 0.3) is 0 Å². The molecule has 4 nitrogen and oxygen atoms in total. The summed E-state index contributed by atoms with van der Waals surface area (Å²) in [6.45, 7) is 4.42. The van der Waals surface area contributed by atoms with Crippen LogP contribution in [0.25, 0.3) is 0 Å². The maximum atomic E-state index is 4.40. The predicted octanol–water partition coefficient (Wildman–Crippen LogP) is 1.93. The van der Waals surface area contributed by atoms with Crippen molar-refractivity contribution in [2.45, 2.75) is 38.5 Å². The van der Waals surface area contributed by atoms with E-state index in [2.05, 4.69) is 20.2 Å². The van der Waals surface area contributed by atoms with E-state index in [-0.39, 0.29) is 0 Å². The first-order valence-corrected chi connectivity index (χ1v) is 6.51. The van der Waals surface area contributed by atoms with Gasteiger partial charge in [-0.3, -0.25) is 10.0 Å². The first-order chi connectivity index (χ1) is 7.95. The average Bonchev–Trinajstić information content (AvgIpc) is 2.37. The average molecular weight is 222 g/mol. The zero-order valence-corrected chi connectivity index (χ0v) is 10.0. The summed E-state index contributed by atoms with van der Waals surface area (Å²) >= 11 is 0. The highest BCUT2D eigenvalue weighted by molar-refractivity contribution is 6.15. The van der Waals surface area contributed by atoms with Gasteiger partial charge < -0.3 is 0 Å². The van der Waals surface area contributed by atoms with Crippen molar-refractivity contribution in [2.24, 2.45) is 10.2 Å². The highest BCUT2D eigenvalue weighted by Gasteiger charge is 2.06. The molecule has 4 heteroatoms. The van der Waals surface area contributed by atoms with Gasteiger partial charge in [-0.15, -0.1) is 0 Å². The Bertz CT molecular complexity index is 211. The first kappa shape index (κ1) is 11.4. The van der Waals surface area contributed by atoms with Crippen molar-refractivity contribution in [3.8, 4) is 0 Å². The Hall–Kier alpha value is -1.06. The Kier molecular flexibility index (Phi) is 4.65. The standard InChI is InChI=1S/C12H22N4/c1-3-9-15(10-4-1)13-7-8-14-16-11-5-2-6-12-16/h7-8H,1-6,9-12H2/b13-7+,14-8+. The second kappa shape index (κ2) is 6.51. The van der Waals surface area contributed by atoms with Gasteiger partial charge in [-0.05, 0) is 38.5 Å². The highest BCUT2D eigenvalue weighted by atomic mass is 15.5. The lowest BCUT2D eigenvalue weighted by atomic mass is 10.2. The topological polar surface area (TPSA) is 31.2 Å². The largest absolute Gasteiger partial charge is 0.297 e. The van der Waals surface area contributed by atoms with Crippen molar-refractivity contribution in [2.75, 3.05) is 26.2 Å². The van der Waals surface area contributed by atoms with Crippen LogP contribution < -0.4 is 0 Å². The third-order valence-corrected chi connectivity index (χ3v) is 3.19. The molecule has 2 saturated heterocycles. The number of hydrogen-bond donors (Lipinski definition) is 0. The Morgan fingerprint density at radius 1 is 0.562 bits per heavy atom. The van der Waals surface area contributed by atoms with E-state index < -0.39 is 0 Å². The van der Waals surface area contributed by atoms with Crippen LogP contribution >= 0.6 is 0 Å². The number of hydrogen-bond acceptors (Lipinski definition) is 4. The molecule has 0 bridgehead atoms. The summed E-state index contributed by atoms with van der Waals surface area (Å²) in [6, 6.07) is 0. The second-order valence-electron chi connectivity index (χ2n) is 4.56. The van der Waals surface area contributed by atoms with E-state index in [1.807, 2.05) is 12.4 Å². The zero-order chi connectivity index (χ0) is 11.1. The Morgan fingerprint density at radius 3 is 1.31 bits per heavy atom. The van der Waals surface area contributed by atoms with Crippen molar-refractivity contribution in [3.63, 3.8) is 0 Å². The quantitative estimate of drug-likeness (QED) is 0.683. The second-order valence-corrected chi connectivity index (χ2v) is 4.56. The molecule has 16 heavy (non-hydrogen) atoms. The summed E-state index contributed by atoms with van der Waals surface area (Å²) in [4.78, 5) is 0. The maximum Gasteiger partial charge on any atom is 0.0671 e. The molecule has 2 aliphatic rings. The summed E-state index contributed by atoms with van der Waals surface area (Å²) in [5.74, 6) is 0. The van der Waals surface area contributed by atoms with Gasteiger partial charge in [0, 0.05) is 26.2 Å². The van der Waals surface area contributed by atoms with Crippen LogP contribution in [0.5, 0.6) is 0 Å². The van der Waals surface area contributed by atoms with Gasteiger partial charge in [-0.2, -0.15) is 10.2 Å². The fourth-order valence-corrected chi connectivity index (χ4v) is 2.23. The van der Waals surface area contributed by atoms with Crippen molar-refractivity contribution in [1.82, 2.24) is 10.0 Å².